The number of likely N-dealkylation sites (N-methyl/N-ethyl adjacent to an activating group) is 2. The molecule has 3 rings (SSSR count). The van der Waals surface area contributed by atoms with E-state index < -0.39 is 0 Å². The summed E-state index contributed by atoms with van der Waals surface area (Å²) in [5, 5.41) is 9.64. The van der Waals surface area contributed by atoms with Crippen molar-refractivity contribution in [2.45, 2.75) is 6.61 Å². The molecule has 6 nitrogen and oxygen atoms in total. The Hall–Kier alpha value is -2.44. The van der Waals surface area contributed by atoms with Crippen LogP contribution in [0, 0.1) is 0 Å². The molecule has 0 radical (unpaired) electrons. The van der Waals surface area contributed by atoms with Crippen molar-refractivity contribution in [3.05, 3.63) is 48.4 Å². The van der Waals surface area contributed by atoms with Gasteiger partial charge in [0.05, 0.1) is 18.0 Å². The second-order valence-electron chi connectivity index (χ2n) is 6.12. The lowest BCUT2D eigenvalue weighted by Gasteiger charge is -2.20. The van der Waals surface area contributed by atoms with Crippen molar-refractivity contribution in [2.75, 3.05) is 39.1 Å². The second kappa shape index (κ2) is 6.98. The molecule has 24 heavy (non-hydrogen) atoms. The molecular weight excluding hydrogens is 302 g/mol. The maximum absolute atomic E-state index is 9.64. The van der Waals surface area contributed by atoms with Gasteiger partial charge in [-0.2, -0.15) is 0 Å². The molecule has 0 fully saturated rings. The number of hydrogen-bond donors (Lipinski definition) is 1. The first-order valence-corrected chi connectivity index (χ1v) is 7.99. The smallest absolute Gasteiger partial charge is 0.137 e. The molecular formula is C18H23N5O. The van der Waals surface area contributed by atoms with Crippen molar-refractivity contribution in [1.82, 2.24) is 19.3 Å². The fourth-order valence-electron chi connectivity index (χ4n) is 2.68. The van der Waals surface area contributed by atoms with Crippen LogP contribution in [0.3, 0.4) is 0 Å². The first-order valence-electron chi connectivity index (χ1n) is 7.99. The summed E-state index contributed by atoms with van der Waals surface area (Å²) < 4.78 is 1.98. The summed E-state index contributed by atoms with van der Waals surface area (Å²) in [5.74, 6) is 0.931. The molecule has 3 aromatic heterocycles. The number of aromatic nitrogens is 3. The van der Waals surface area contributed by atoms with Gasteiger partial charge in [-0.25, -0.2) is 9.97 Å². The summed E-state index contributed by atoms with van der Waals surface area (Å²) in [6, 6.07) is 9.86. The maximum Gasteiger partial charge on any atom is 0.137 e. The first-order chi connectivity index (χ1) is 11.6. The molecule has 0 bridgehead atoms. The molecule has 0 aliphatic heterocycles. The van der Waals surface area contributed by atoms with E-state index in [1.165, 1.54) is 0 Å². The number of pyridine rings is 2. The summed E-state index contributed by atoms with van der Waals surface area (Å²) in [7, 11) is 6.16. The van der Waals surface area contributed by atoms with Gasteiger partial charge in [0.1, 0.15) is 11.5 Å². The molecule has 1 N–H and O–H groups in total. The van der Waals surface area contributed by atoms with Crippen molar-refractivity contribution in [3.8, 4) is 11.3 Å². The van der Waals surface area contributed by atoms with Crippen LogP contribution in [-0.2, 0) is 6.61 Å². The zero-order chi connectivity index (χ0) is 17.1. The van der Waals surface area contributed by atoms with Gasteiger partial charge < -0.3 is 14.9 Å². The topological polar surface area (TPSA) is 56.9 Å². The van der Waals surface area contributed by atoms with Gasteiger partial charge in [-0.1, -0.05) is 6.07 Å². The molecule has 3 aromatic rings. The lowest BCUT2D eigenvalue weighted by Crippen LogP contribution is -2.28. The predicted octanol–water partition coefficient (Wildman–Crippen LogP) is 1.89. The number of nitrogens with zero attached hydrogens (tertiary/aromatic N) is 5. The third kappa shape index (κ3) is 3.25. The Labute approximate surface area is 142 Å². The lowest BCUT2D eigenvalue weighted by molar-refractivity contribution is 0.278. The van der Waals surface area contributed by atoms with Crippen molar-refractivity contribution >= 4 is 11.5 Å². The summed E-state index contributed by atoms with van der Waals surface area (Å²) in [5.41, 5.74) is 3.33. The third-order valence-electron chi connectivity index (χ3n) is 4.05. The average molecular weight is 325 g/mol. The summed E-state index contributed by atoms with van der Waals surface area (Å²) in [6.07, 6.45) is 3.80. The fraction of sp³-hybridized carbons (Fsp3) is 0.333. The van der Waals surface area contributed by atoms with Gasteiger partial charge in [-0.3, -0.25) is 4.40 Å². The van der Waals surface area contributed by atoms with Crippen LogP contribution in [0.2, 0.25) is 0 Å². The molecule has 6 heteroatoms. The molecule has 0 atom stereocenters. The highest BCUT2D eigenvalue weighted by Gasteiger charge is 2.14. The molecule has 0 amide bonds. The summed E-state index contributed by atoms with van der Waals surface area (Å²) in [4.78, 5) is 13.3. The highest BCUT2D eigenvalue weighted by Crippen LogP contribution is 2.26. The van der Waals surface area contributed by atoms with Gasteiger partial charge in [-0.15, -0.1) is 0 Å². The number of fused-ring (bicyclic) bond motifs is 1. The van der Waals surface area contributed by atoms with Crippen molar-refractivity contribution in [3.63, 3.8) is 0 Å². The summed E-state index contributed by atoms with van der Waals surface area (Å²) >= 11 is 0. The number of imidazole rings is 1. The zero-order valence-electron chi connectivity index (χ0n) is 14.3. The van der Waals surface area contributed by atoms with Gasteiger partial charge in [0.25, 0.3) is 0 Å². The van der Waals surface area contributed by atoms with Crippen LogP contribution in [0.15, 0.2) is 42.7 Å². The van der Waals surface area contributed by atoms with Gasteiger partial charge in [0.15, 0.2) is 0 Å². The van der Waals surface area contributed by atoms with Gasteiger partial charge in [0, 0.05) is 38.1 Å². The molecule has 0 aliphatic carbocycles. The Morgan fingerprint density at radius 3 is 2.58 bits per heavy atom. The monoisotopic (exact) mass is 325 g/mol. The molecule has 0 aliphatic rings. The number of anilines is 1. The molecule has 126 valence electrons. The van der Waals surface area contributed by atoms with E-state index in [-0.39, 0.29) is 6.61 Å². The SMILES string of the molecule is CN(C)CCN(C)c1ccc(-c2c(CO)nc3ccccn23)cn1. The number of hydrogen-bond acceptors (Lipinski definition) is 5. The van der Waals surface area contributed by atoms with Crippen molar-refractivity contribution < 1.29 is 5.11 Å². The van der Waals surface area contributed by atoms with Crippen LogP contribution in [-0.4, -0.2) is 58.6 Å². The minimum atomic E-state index is -0.0957. The molecule has 0 unspecified atom stereocenters. The normalized spacial score (nSPS) is 11.4. The molecule has 0 saturated heterocycles. The van der Waals surface area contributed by atoms with E-state index in [4.69, 9.17) is 0 Å². The number of aliphatic hydroxyl groups excluding tert-OH is 1. The molecule has 0 saturated carbocycles. The Morgan fingerprint density at radius 1 is 1.08 bits per heavy atom. The van der Waals surface area contributed by atoms with Crippen LogP contribution in [0.25, 0.3) is 16.9 Å². The van der Waals surface area contributed by atoms with Crippen LogP contribution < -0.4 is 4.90 Å². The van der Waals surface area contributed by atoms with Crippen LogP contribution in [0.5, 0.6) is 0 Å². The minimum Gasteiger partial charge on any atom is -0.390 e. The quantitative estimate of drug-likeness (QED) is 0.750. The average Bonchev–Trinajstić information content (AvgIpc) is 2.98. The minimum absolute atomic E-state index is 0.0957. The van der Waals surface area contributed by atoms with Gasteiger partial charge in [0.2, 0.25) is 0 Å². The van der Waals surface area contributed by atoms with E-state index in [9.17, 15) is 5.11 Å². The standard InChI is InChI=1S/C18H23N5O/c1-21(2)10-11-22(3)16-8-7-14(12-19-16)18-15(13-24)20-17-6-4-5-9-23(17)18/h4-9,12,24H,10-11,13H2,1-3H3. The Morgan fingerprint density at radius 2 is 1.92 bits per heavy atom. The highest BCUT2D eigenvalue weighted by molar-refractivity contribution is 5.67. The number of rotatable bonds is 6. The molecule has 0 spiro atoms. The van der Waals surface area contributed by atoms with Gasteiger partial charge >= 0.3 is 0 Å². The van der Waals surface area contributed by atoms with E-state index in [0.717, 1.165) is 35.8 Å². The lowest BCUT2D eigenvalue weighted by atomic mass is 10.1. The van der Waals surface area contributed by atoms with E-state index in [0.29, 0.717) is 5.69 Å². The van der Waals surface area contributed by atoms with E-state index in [1.54, 1.807) is 0 Å². The van der Waals surface area contributed by atoms with Crippen LogP contribution >= 0.6 is 0 Å². The highest BCUT2D eigenvalue weighted by atomic mass is 16.3. The van der Waals surface area contributed by atoms with E-state index in [2.05, 4.69) is 33.9 Å². The van der Waals surface area contributed by atoms with Crippen molar-refractivity contribution in [1.29, 1.82) is 0 Å². The van der Waals surface area contributed by atoms with Crippen LogP contribution in [0.4, 0.5) is 5.82 Å². The predicted molar refractivity (Wildman–Crippen MR) is 96.2 cm³/mol. The van der Waals surface area contributed by atoms with E-state index in [1.807, 2.05) is 54.2 Å². The largest absolute Gasteiger partial charge is 0.390 e. The van der Waals surface area contributed by atoms with E-state index >= 15 is 0 Å². The Kier molecular flexibility index (Phi) is 4.78. The Bertz CT molecular complexity index is 810. The van der Waals surface area contributed by atoms with Crippen molar-refractivity contribution in [2.24, 2.45) is 0 Å². The fourth-order valence-corrected chi connectivity index (χ4v) is 2.68. The molecule has 3 heterocycles. The third-order valence-corrected chi connectivity index (χ3v) is 4.05. The first kappa shape index (κ1) is 16.4. The Balaban J connectivity index is 1.91. The maximum atomic E-state index is 9.64. The van der Waals surface area contributed by atoms with Crippen LogP contribution in [0.1, 0.15) is 5.69 Å². The molecule has 0 aromatic carbocycles. The van der Waals surface area contributed by atoms with Gasteiger partial charge in [-0.05, 0) is 38.4 Å². The number of aliphatic hydroxyl groups is 1. The summed E-state index contributed by atoms with van der Waals surface area (Å²) in [6.45, 7) is 1.79. The second-order valence-corrected chi connectivity index (χ2v) is 6.12. The zero-order valence-corrected chi connectivity index (χ0v) is 14.3.